The monoisotopic (exact) mass is 329 g/mol. The van der Waals surface area contributed by atoms with Crippen LogP contribution < -0.4 is 4.90 Å². The number of aromatic nitrogens is 1. The van der Waals surface area contributed by atoms with E-state index in [4.69, 9.17) is 11.3 Å². The molecule has 1 aromatic heterocycles. The van der Waals surface area contributed by atoms with Crippen LogP contribution in [0, 0.1) is 6.57 Å². The fourth-order valence-corrected chi connectivity index (χ4v) is 3.37. The second kappa shape index (κ2) is 6.77. The van der Waals surface area contributed by atoms with Crippen LogP contribution in [0.4, 0.5) is 10.8 Å². The van der Waals surface area contributed by atoms with Gasteiger partial charge in [0, 0.05) is 19.5 Å². The Kier molecular flexibility index (Phi) is 4.55. The molecule has 0 amide bonds. The number of hydrogen-bond acceptors (Lipinski definition) is 5. The van der Waals surface area contributed by atoms with Gasteiger partial charge in [-0.25, -0.2) is 14.6 Å². The quantitative estimate of drug-likeness (QED) is 0.874. The Morgan fingerprint density at radius 3 is 2.65 bits per heavy atom. The third-order valence-electron chi connectivity index (χ3n) is 3.60. The fraction of sp³-hybridized carbons (Fsp3) is 0.312. The number of carboxylic acids is 1. The van der Waals surface area contributed by atoms with Gasteiger partial charge in [-0.2, -0.15) is 0 Å². The number of thiazole rings is 1. The highest BCUT2D eigenvalue weighted by atomic mass is 32.1. The van der Waals surface area contributed by atoms with Gasteiger partial charge in [-0.3, -0.25) is 0 Å². The molecule has 2 aromatic rings. The maximum Gasteiger partial charge on any atom is 0.347 e. The number of carbonyl (C=O) groups is 1. The predicted octanol–water partition coefficient (Wildman–Crippen LogP) is 2.82. The SMILES string of the molecule is [C-]#[N+]c1ccc(Cc2nc(N3CCOCC3)sc2C(=O)O)cc1. The lowest BCUT2D eigenvalue weighted by Crippen LogP contribution is -2.36. The highest BCUT2D eigenvalue weighted by molar-refractivity contribution is 7.17. The van der Waals surface area contributed by atoms with E-state index < -0.39 is 5.97 Å². The van der Waals surface area contributed by atoms with E-state index in [-0.39, 0.29) is 4.88 Å². The molecule has 1 fully saturated rings. The average Bonchev–Trinajstić information content (AvgIpc) is 3.00. The van der Waals surface area contributed by atoms with Gasteiger partial charge < -0.3 is 14.7 Å². The molecule has 1 N–H and O–H groups in total. The molecule has 0 unspecified atom stereocenters. The average molecular weight is 329 g/mol. The molecule has 6 nitrogen and oxygen atoms in total. The molecule has 1 aliphatic heterocycles. The Morgan fingerprint density at radius 2 is 2.04 bits per heavy atom. The van der Waals surface area contributed by atoms with Gasteiger partial charge in [-0.15, -0.1) is 0 Å². The Labute approximate surface area is 137 Å². The molecule has 7 heteroatoms. The van der Waals surface area contributed by atoms with Crippen LogP contribution in [0.5, 0.6) is 0 Å². The molecule has 0 atom stereocenters. The summed E-state index contributed by atoms with van der Waals surface area (Å²) in [5.74, 6) is -0.949. The van der Waals surface area contributed by atoms with Crippen molar-refractivity contribution in [2.75, 3.05) is 31.2 Å². The van der Waals surface area contributed by atoms with Gasteiger partial charge in [0.25, 0.3) is 0 Å². The summed E-state index contributed by atoms with van der Waals surface area (Å²) >= 11 is 1.21. The minimum Gasteiger partial charge on any atom is -0.477 e. The summed E-state index contributed by atoms with van der Waals surface area (Å²) in [4.78, 5) is 21.7. The second-order valence-corrected chi connectivity index (χ2v) is 6.11. The minimum absolute atomic E-state index is 0.278. The van der Waals surface area contributed by atoms with Crippen molar-refractivity contribution >= 4 is 28.1 Å². The standard InChI is InChI=1S/C16H15N3O3S/c1-17-12-4-2-11(3-5-12)10-13-14(15(20)21)23-16(18-13)19-6-8-22-9-7-19/h2-5H,6-10H2,(H,20,21). The van der Waals surface area contributed by atoms with E-state index in [1.807, 2.05) is 12.1 Å². The lowest BCUT2D eigenvalue weighted by atomic mass is 10.1. The van der Waals surface area contributed by atoms with Crippen LogP contribution in [-0.4, -0.2) is 42.4 Å². The van der Waals surface area contributed by atoms with Crippen molar-refractivity contribution in [3.63, 3.8) is 0 Å². The zero-order chi connectivity index (χ0) is 16.2. The summed E-state index contributed by atoms with van der Waals surface area (Å²) in [5.41, 5.74) is 2.08. The highest BCUT2D eigenvalue weighted by Crippen LogP contribution is 2.29. The molecule has 1 aliphatic rings. The number of carboxylic acid groups (broad SMARTS) is 1. The first-order chi connectivity index (χ1) is 11.2. The zero-order valence-corrected chi connectivity index (χ0v) is 13.2. The maximum absolute atomic E-state index is 11.5. The molecule has 0 aliphatic carbocycles. The van der Waals surface area contributed by atoms with E-state index in [0.29, 0.717) is 31.0 Å². The number of rotatable bonds is 4. The summed E-state index contributed by atoms with van der Waals surface area (Å²) < 4.78 is 5.32. The number of hydrogen-bond donors (Lipinski definition) is 1. The largest absolute Gasteiger partial charge is 0.477 e. The summed E-state index contributed by atoms with van der Waals surface area (Å²) in [6, 6.07) is 7.15. The molecule has 1 aromatic carbocycles. The Bertz CT molecular complexity index is 743. The van der Waals surface area contributed by atoms with Crippen molar-refractivity contribution in [2.45, 2.75) is 6.42 Å². The van der Waals surface area contributed by atoms with E-state index in [9.17, 15) is 9.90 Å². The van der Waals surface area contributed by atoms with Crippen molar-refractivity contribution in [1.82, 2.24) is 4.98 Å². The molecule has 3 rings (SSSR count). The lowest BCUT2D eigenvalue weighted by molar-refractivity contribution is 0.0701. The molecule has 2 heterocycles. The summed E-state index contributed by atoms with van der Waals surface area (Å²) in [7, 11) is 0. The lowest BCUT2D eigenvalue weighted by Gasteiger charge is -2.26. The molecular weight excluding hydrogens is 314 g/mol. The summed E-state index contributed by atoms with van der Waals surface area (Å²) in [5, 5.41) is 10.2. The molecule has 0 bridgehead atoms. The molecule has 23 heavy (non-hydrogen) atoms. The fourth-order valence-electron chi connectivity index (χ4n) is 2.40. The van der Waals surface area contributed by atoms with Crippen LogP contribution in [0.15, 0.2) is 24.3 Å². The number of anilines is 1. The topological polar surface area (TPSA) is 67.0 Å². The third-order valence-corrected chi connectivity index (χ3v) is 4.75. The van der Waals surface area contributed by atoms with E-state index in [0.717, 1.165) is 23.8 Å². The van der Waals surface area contributed by atoms with Crippen molar-refractivity contribution < 1.29 is 14.6 Å². The maximum atomic E-state index is 11.5. The number of morpholine rings is 1. The van der Waals surface area contributed by atoms with Gasteiger partial charge in [0.2, 0.25) is 0 Å². The normalized spacial score (nSPS) is 14.5. The van der Waals surface area contributed by atoms with Gasteiger partial charge in [-0.1, -0.05) is 35.6 Å². The molecule has 0 saturated carbocycles. The van der Waals surface area contributed by atoms with Crippen molar-refractivity contribution in [1.29, 1.82) is 0 Å². The van der Waals surface area contributed by atoms with E-state index in [2.05, 4.69) is 14.7 Å². The number of nitrogens with zero attached hydrogens (tertiary/aromatic N) is 3. The van der Waals surface area contributed by atoms with Gasteiger partial charge in [0.1, 0.15) is 4.88 Å². The van der Waals surface area contributed by atoms with E-state index >= 15 is 0 Å². The molecule has 0 radical (unpaired) electrons. The number of benzene rings is 1. The highest BCUT2D eigenvalue weighted by Gasteiger charge is 2.22. The van der Waals surface area contributed by atoms with E-state index in [1.54, 1.807) is 12.1 Å². The Hall–Kier alpha value is -2.43. The first-order valence-electron chi connectivity index (χ1n) is 7.19. The second-order valence-electron chi connectivity index (χ2n) is 5.13. The van der Waals surface area contributed by atoms with Crippen LogP contribution in [0.2, 0.25) is 0 Å². The van der Waals surface area contributed by atoms with Crippen LogP contribution in [-0.2, 0) is 11.2 Å². The summed E-state index contributed by atoms with van der Waals surface area (Å²) in [6.07, 6.45) is 0.445. The number of ether oxygens (including phenoxy) is 1. The van der Waals surface area contributed by atoms with Crippen LogP contribution in [0.3, 0.4) is 0 Å². The Balaban J connectivity index is 1.86. The van der Waals surface area contributed by atoms with Crippen LogP contribution >= 0.6 is 11.3 Å². The van der Waals surface area contributed by atoms with Crippen molar-refractivity contribution in [3.8, 4) is 0 Å². The van der Waals surface area contributed by atoms with Gasteiger partial charge >= 0.3 is 5.97 Å². The third kappa shape index (κ3) is 3.50. The molecular formula is C16H15N3O3S. The van der Waals surface area contributed by atoms with Crippen molar-refractivity contribution in [2.24, 2.45) is 0 Å². The first kappa shape index (κ1) is 15.5. The molecule has 1 saturated heterocycles. The molecule has 118 valence electrons. The van der Waals surface area contributed by atoms with Crippen LogP contribution in [0.1, 0.15) is 20.9 Å². The number of aromatic carboxylic acids is 1. The first-order valence-corrected chi connectivity index (χ1v) is 8.01. The van der Waals surface area contributed by atoms with Gasteiger partial charge in [-0.05, 0) is 5.56 Å². The smallest absolute Gasteiger partial charge is 0.347 e. The summed E-state index contributed by atoms with van der Waals surface area (Å²) in [6.45, 7) is 9.69. The van der Waals surface area contributed by atoms with Crippen LogP contribution in [0.25, 0.3) is 4.85 Å². The van der Waals surface area contributed by atoms with Gasteiger partial charge in [0.05, 0.1) is 25.5 Å². The van der Waals surface area contributed by atoms with E-state index in [1.165, 1.54) is 11.3 Å². The Morgan fingerprint density at radius 1 is 1.35 bits per heavy atom. The minimum atomic E-state index is -0.949. The zero-order valence-electron chi connectivity index (χ0n) is 12.4. The predicted molar refractivity (Wildman–Crippen MR) is 87.6 cm³/mol. The van der Waals surface area contributed by atoms with Gasteiger partial charge in [0.15, 0.2) is 10.8 Å². The van der Waals surface area contributed by atoms with Crippen molar-refractivity contribution in [3.05, 3.63) is 51.8 Å². The molecule has 0 spiro atoms.